The highest BCUT2D eigenvalue weighted by atomic mass is 35.5. The lowest BCUT2D eigenvalue weighted by Gasteiger charge is -2.34. The number of thioether (sulfide) groups is 1. The first kappa shape index (κ1) is 20.9. The number of aromatic hydroxyl groups is 1. The number of nitrogens with zero attached hydrogens (tertiary/aromatic N) is 3. The average Bonchev–Trinajstić information content (AvgIpc) is 2.80. The van der Waals surface area contributed by atoms with E-state index < -0.39 is 6.17 Å². The second-order valence-electron chi connectivity index (χ2n) is 7.20. The van der Waals surface area contributed by atoms with E-state index in [2.05, 4.69) is 5.32 Å². The van der Waals surface area contributed by atoms with Crippen molar-refractivity contribution in [3.05, 3.63) is 98.5 Å². The monoisotopic (exact) mass is 482 g/mol. The molecule has 9 heteroatoms. The number of hydrogen-bond donors (Lipinski definition) is 2. The molecule has 6 nitrogen and oxygen atoms in total. The lowest BCUT2D eigenvalue weighted by Crippen LogP contribution is -2.50. The van der Waals surface area contributed by atoms with Crippen LogP contribution in [0.25, 0.3) is 5.70 Å². The molecular weight excluding hydrogens is 467 g/mol. The molecule has 0 fully saturated rings. The number of amidine groups is 1. The Hall–Kier alpha value is -3.00. The first-order valence-corrected chi connectivity index (χ1v) is 11.5. The SMILES string of the molecule is O=C1NC(SCc2ccc(Cl)cc2)=NN2C1=c1ccccc1=NC2c1ccc(O)c(Cl)c1. The number of rotatable bonds is 3. The summed E-state index contributed by atoms with van der Waals surface area (Å²) in [5, 5.41) is 21.8. The Morgan fingerprint density at radius 1 is 1.06 bits per heavy atom. The molecule has 5 rings (SSSR count). The van der Waals surface area contributed by atoms with Gasteiger partial charge in [-0.2, -0.15) is 0 Å². The largest absolute Gasteiger partial charge is 0.506 e. The maximum absolute atomic E-state index is 13.1. The van der Waals surface area contributed by atoms with E-state index in [4.69, 9.17) is 33.3 Å². The molecule has 1 atom stereocenters. The molecule has 2 N–H and O–H groups in total. The molecule has 3 aromatic carbocycles. The van der Waals surface area contributed by atoms with Crippen LogP contribution in [-0.2, 0) is 10.5 Å². The van der Waals surface area contributed by atoms with Crippen LogP contribution < -0.4 is 15.9 Å². The number of hydrazone groups is 1. The summed E-state index contributed by atoms with van der Waals surface area (Å²) in [7, 11) is 0. The summed E-state index contributed by atoms with van der Waals surface area (Å²) in [4.78, 5) is 18.0. The normalized spacial score (nSPS) is 17.1. The minimum atomic E-state index is -0.602. The van der Waals surface area contributed by atoms with Crippen LogP contribution in [0, 0.1) is 0 Å². The predicted octanol–water partition coefficient (Wildman–Crippen LogP) is 3.78. The fraction of sp³-hybridized carbons (Fsp3) is 0.0870. The highest BCUT2D eigenvalue weighted by Gasteiger charge is 2.34. The van der Waals surface area contributed by atoms with Gasteiger partial charge in [-0.15, -0.1) is 5.10 Å². The zero-order valence-electron chi connectivity index (χ0n) is 16.5. The molecular formula is C23H16Cl2N4O2S. The van der Waals surface area contributed by atoms with Gasteiger partial charge in [-0.05, 0) is 35.9 Å². The summed E-state index contributed by atoms with van der Waals surface area (Å²) in [6.45, 7) is 0. The quantitative estimate of drug-likeness (QED) is 0.595. The third-order valence-electron chi connectivity index (χ3n) is 5.07. The summed E-state index contributed by atoms with van der Waals surface area (Å²) in [6, 6.07) is 19.8. The van der Waals surface area contributed by atoms with Crippen molar-refractivity contribution in [1.29, 1.82) is 0 Å². The molecule has 0 spiro atoms. The van der Waals surface area contributed by atoms with Crippen molar-refractivity contribution in [2.45, 2.75) is 11.9 Å². The Labute approximate surface area is 197 Å². The zero-order chi connectivity index (χ0) is 22.2. The molecule has 2 aliphatic heterocycles. The Bertz CT molecular complexity index is 1380. The molecule has 0 saturated carbocycles. The lowest BCUT2D eigenvalue weighted by molar-refractivity contribution is -0.116. The first-order valence-electron chi connectivity index (χ1n) is 9.71. The second kappa shape index (κ2) is 8.50. The number of carbonyl (C=O) groups is 1. The summed E-state index contributed by atoms with van der Waals surface area (Å²) in [6.07, 6.45) is -0.602. The molecule has 0 bridgehead atoms. The van der Waals surface area contributed by atoms with E-state index >= 15 is 0 Å². The first-order chi connectivity index (χ1) is 15.5. The molecule has 0 aliphatic carbocycles. The van der Waals surface area contributed by atoms with Gasteiger partial charge in [0.1, 0.15) is 11.4 Å². The highest BCUT2D eigenvalue weighted by molar-refractivity contribution is 8.13. The van der Waals surface area contributed by atoms with Gasteiger partial charge in [0, 0.05) is 21.6 Å². The number of fused-ring (bicyclic) bond motifs is 2. The molecule has 0 radical (unpaired) electrons. The standard InChI is InChI=1S/C23H16Cl2N4O2S/c24-15-8-5-13(6-9-15)12-32-23-27-22(31)20-16-3-1-2-4-18(16)26-21(29(20)28-23)14-7-10-19(30)17(25)11-14/h1-11,21,30H,12H2,(H,27,28,31). The Balaban J connectivity index is 1.56. The van der Waals surface area contributed by atoms with E-state index in [1.807, 2.05) is 48.5 Å². The lowest BCUT2D eigenvalue weighted by atomic mass is 10.1. The minimum Gasteiger partial charge on any atom is -0.506 e. The van der Waals surface area contributed by atoms with Gasteiger partial charge in [0.05, 0.1) is 10.4 Å². The van der Waals surface area contributed by atoms with Crippen LogP contribution >= 0.6 is 35.0 Å². The fourth-order valence-electron chi connectivity index (χ4n) is 3.53. The van der Waals surface area contributed by atoms with Gasteiger partial charge >= 0.3 is 0 Å². The molecule has 0 saturated heterocycles. The van der Waals surface area contributed by atoms with Gasteiger partial charge in [-0.1, -0.05) is 71.4 Å². The number of halogens is 2. The fourth-order valence-corrected chi connectivity index (χ4v) is 4.65. The van der Waals surface area contributed by atoms with Crippen LogP contribution in [0.5, 0.6) is 5.75 Å². The van der Waals surface area contributed by atoms with Crippen LogP contribution in [0.1, 0.15) is 17.3 Å². The minimum absolute atomic E-state index is 0.0186. The summed E-state index contributed by atoms with van der Waals surface area (Å²) in [5.74, 6) is 0.342. The average molecular weight is 483 g/mol. The zero-order valence-corrected chi connectivity index (χ0v) is 18.8. The number of phenols is 1. The van der Waals surface area contributed by atoms with Crippen molar-refractivity contribution >= 4 is 51.7 Å². The topological polar surface area (TPSA) is 77.3 Å². The van der Waals surface area contributed by atoms with Crippen molar-refractivity contribution in [3.63, 3.8) is 0 Å². The van der Waals surface area contributed by atoms with Gasteiger partial charge in [-0.3, -0.25) is 15.1 Å². The third kappa shape index (κ3) is 3.95. The number of phenolic OH excluding ortho intramolecular Hbond substituents is 1. The second-order valence-corrected chi connectivity index (χ2v) is 9.01. The maximum atomic E-state index is 13.1. The molecule has 0 aromatic heterocycles. The van der Waals surface area contributed by atoms with Crippen molar-refractivity contribution in [2.75, 3.05) is 0 Å². The predicted molar refractivity (Wildman–Crippen MR) is 127 cm³/mol. The van der Waals surface area contributed by atoms with E-state index in [1.165, 1.54) is 17.8 Å². The number of benzene rings is 3. The Kier molecular flexibility index (Phi) is 5.55. The summed E-state index contributed by atoms with van der Waals surface area (Å²) in [5.41, 5.74) is 2.18. The molecule has 32 heavy (non-hydrogen) atoms. The van der Waals surface area contributed by atoms with Crippen LogP contribution in [0.15, 0.2) is 76.8 Å². The van der Waals surface area contributed by atoms with Crippen LogP contribution in [-0.4, -0.2) is 21.2 Å². The van der Waals surface area contributed by atoms with Crippen molar-refractivity contribution in [1.82, 2.24) is 10.3 Å². The van der Waals surface area contributed by atoms with E-state index in [0.29, 0.717) is 37.8 Å². The van der Waals surface area contributed by atoms with E-state index in [-0.39, 0.29) is 16.7 Å². The van der Waals surface area contributed by atoms with Crippen LogP contribution in [0.2, 0.25) is 10.0 Å². The van der Waals surface area contributed by atoms with Crippen molar-refractivity contribution < 1.29 is 9.90 Å². The number of hydrogen-bond acceptors (Lipinski definition) is 6. The summed E-state index contributed by atoms with van der Waals surface area (Å²) >= 11 is 13.5. The highest BCUT2D eigenvalue weighted by Crippen LogP contribution is 2.34. The van der Waals surface area contributed by atoms with Gasteiger partial charge < -0.3 is 5.11 Å². The Morgan fingerprint density at radius 2 is 1.84 bits per heavy atom. The van der Waals surface area contributed by atoms with Crippen LogP contribution in [0.4, 0.5) is 0 Å². The number of para-hydroxylation sites is 1. The molecule has 2 heterocycles. The number of nitrogens with one attached hydrogen (secondary N) is 1. The molecule has 2 aliphatic rings. The van der Waals surface area contributed by atoms with Gasteiger partial charge in [0.15, 0.2) is 11.3 Å². The third-order valence-corrected chi connectivity index (χ3v) is 6.56. The Morgan fingerprint density at radius 3 is 2.62 bits per heavy atom. The molecule has 1 amide bonds. The molecule has 1 unspecified atom stereocenters. The number of amides is 1. The van der Waals surface area contributed by atoms with Gasteiger partial charge in [-0.25, -0.2) is 5.01 Å². The van der Waals surface area contributed by atoms with E-state index in [1.54, 1.807) is 17.1 Å². The van der Waals surface area contributed by atoms with Crippen molar-refractivity contribution in [2.24, 2.45) is 10.1 Å². The summed E-state index contributed by atoms with van der Waals surface area (Å²) < 4.78 is 0. The van der Waals surface area contributed by atoms with E-state index in [0.717, 1.165) is 5.56 Å². The van der Waals surface area contributed by atoms with Gasteiger partial charge in [0.2, 0.25) is 0 Å². The smallest absolute Gasteiger partial charge is 0.276 e. The number of carbonyl (C=O) groups excluding carboxylic acids is 1. The maximum Gasteiger partial charge on any atom is 0.276 e. The molecule has 3 aromatic rings. The van der Waals surface area contributed by atoms with E-state index in [9.17, 15) is 9.90 Å². The van der Waals surface area contributed by atoms with Crippen LogP contribution in [0.3, 0.4) is 0 Å². The molecule has 160 valence electrons. The van der Waals surface area contributed by atoms with Gasteiger partial charge in [0.25, 0.3) is 5.91 Å². The van der Waals surface area contributed by atoms with Crippen molar-refractivity contribution in [3.8, 4) is 5.75 Å².